The van der Waals surface area contributed by atoms with E-state index in [0.717, 1.165) is 6.92 Å². The second-order valence-electron chi connectivity index (χ2n) is 0.519. The van der Waals surface area contributed by atoms with Crippen LogP contribution in [-0.2, 0) is 21.9 Å². The molecule has 0 aromatic carbocycles. The molecule has 0 heterocycles. The first-order chi connectivity index (χ1) is 1.73. The molecule has 0 saturated carbocycles. The zero-order valence-electron chi connectivity index (χ0n) is 3.14. The molecule has 0 fully saturated rings. The monoisotopic (exact) mass is 195 g/mol. The molecule has 0 aromatic heterocycles. The third-order valence-electron chi connectivity index (χ3n) is 0. The molecule has 0 spiro atoms. The Kier molecular flexibility index (Phi) is 24.3. The zero-order valence-corrected chi connectivity index (χ0v) is 6.04. The third kappa shape index (κ3) is 244. The van der Waals surface area contributed by atoms with Crippen LogP contribution >= 0.6 is 17.0 Å². The fraction of sp³-hybridized carbons (Fsp3) is 0.500. The van der Waals surface area contributed by atoms with Crippen molar-refractivity contribution in [3.63, 3.8) is 0 Å². The van der Waals surface area contributed by atoms with Gasteiger partial charge in [0.05, 0.1) is 0 Å². The molecule has 39 valence electrons. The summed E-state index contributed by atoms with van der Waals surface area (Å²) in [6, 6.07) is 0. The number of rotatable bonds is 0. The molecule has 2 nitrogen and oxygen atoms in total. The number of halogens is 1. The number of hydrogen-bond donors (Lipinski definition) is 1. The molecule has 0 aliphatic rings. The Labute approximate surface area is 57.2 Å². The van der Waals surface area contributed by atoms with Crippen molar-refractivity contribution in [3.8, 4) is 0 Å². The maximum absolute atomic E-state index is 9.00. The van der Waals surface area contributed by atoms with Crippen molar-refractivity contribution in [2.75, 3.05) is 0 Å². The van der Waals surface area contributed by atoms with Crippen molar-refractivity contribution in [1.29, 1.82) is 0 Å². The van der Waals surface area contributed by atoms with Gasteiger partial charge < -0.3 is 5.11 Å². The van der Waals surface area contributed by atoms with Crippen LogP contribution in [0.1, 0.15) is 6.92 Å². The summed E-state index contributed by atoms with van der Waals surface area (Å²) in [5.74, 6) is -0.833. The predicted octanol–water partition coefficient (Wildman–Crippen LogP) is 0.666. The van der Waals surface area contributed by atoms with Gasteiger partial charge in [-0.2, -0.15) is 0 Å². The Hall–Kier alpha value is 0.469. The summed E-state index contributed by atoms with van der Waals surface area (Å²) >= 11 is 0. The van der Waals surface area contributed by atoms with Crippen LogP contribution in [0.5, 0.6) is 0 Å². The van der Waals surface area contributed by atoms with Gasteiger partial charge in [-0.3, -0.25) is 4.79 Å². The summed E-state index contributed by atoms with van der Waals surface area (Å²) in [5.41, 5.74) is 0. The van der Waals surface area contributed by atoms with Crippen molar-refractivity contribution < 1.29 is 27.0 Å². The van der Waals surface area contributed by atoms with Crippen molar-refractivity contribution in [3.05, 3.63) is 0 Å². The second-order valence-corrected chi connectivity index (χ2v) is 0.519. The van der Waals surface area contributed by atoms with Crippen LogP contribution in [0.4, 0.5) is 0 Å². The first kappa shape index (κ1) is 16.1. The molecule has 6 heavy (non-hydrogen) atoms. The van der Waals surface area contributed by atoms with E-state index >= 15 is 0 Å². The largest absolute Gasteiger partial charge is 0.481 e. The van der Waals surface area contributed by atoms with E-state index in [-0.39, 0.29) is 34.1 Å². The fourth-order valence-corrected chi connectivity index (χ4v) is 0. The summed E-state index contributed by atoms with van der Waals surface area (Å²) < 4.78 is 0. The molecule has 0 rings (SSSR count). The van der Waals surface area contributed by atoms with Crippen LogP contribution in [0, 0.1) is 0 Å². The minimum atomic E-state index is -0.833. The average Bonchev–Trinajstić information content (AvgIpc) is 0.811. The summed E-state index contributed by atoms with van der Waals surface area (Å²) in [5, 5.41) is 7.42. The predicted molar refractivity (Wildman–Crippen MR) is 23.6 cm³/mol. The first-order valence-corrected chi connectivity index (χ1v) is 0.928. The molecule has 1 N–H and O–H groups in total. The van der Waals surface area contributed by atoms with Crippen molar-refractivity contribution >= 4 is 23.0 Å². The smallest absolute Gasteiger partial charge is 0.300 e. The van der Waals surface area contributed by atoms with Gasteiger partial charge in [-0.15, -0.1) is 17.0 Å². The Morgan fingerprint density at radius 3 is 1.67 bits per heavy atom. The molecule has 1 radical (unpaired) electrons. The molecule has 0 unspecified atom stereocenters. The molecular formula is C2H5BrMnO2. The van der Waals surface area contributed by atoms with E-state index in [1.165, 1.54) is 0 Å². The molecule has 0 bridgehead atoms. The van der Waals surface area contributed by atoms with Crippen LogP contribution in [-0.4, -0.2) is 11.1 Å². The number of aliphatic carboxylic acids is 1. The Morgan fingerprint density at radius 2 is 1.67 bits per heavy atom. The molecule has 0 atom stereocenters. The van der Waals surface area contributed by atoms with E-state index in [0.29, 0.717) is 0 Å². The van der Waals surface area contributed by atoms with E-state index in [1.807, 2.05) is 0 Å². The summed E-state index contributed by atoms with van der Waals surface area (Å²) in [7, 11) is 0. The number of hydrogen-bond acceptors (Lipinski definition) is 1. The van der Waals surface area contributed by atoms with Gasteiger partial charge in [-0.1, -0.05) is 0 Å². The molecule has 0 saturated heterocycles. The SMILES string of the molecule is Br.CC(=O)O.[Mn]. The summed E-state index contributed by atoms with van der Waals surface area (Å²) in [4.78, 5) is 9.00. The minimum absolute atomic E-state index is 0. The topological polar surface area (TPSA) is 37.3 Å². The van der Waals surface area contributed by atoms with Crippen LogP contribution in [0.25, 0.3) is 0 Å². The Bertz CT molecular complexity index is 34.5. The molecular weight excluding hydrogens is 191 g/mol. The van der Waals surface area contributed by atoms with Gasteiger partial charge >= 0.3 is 0 Å². The van der Waals surface area contributed by atoms with Crippen LogP contribution in [0.3, 0.4) is 0 Å². The molecule has 0 aromatic rings. The Morgan fingerprint density at radius 1 is 1.67 bits per heavy atom. The van der Waals surface area contributed by atoms with E-state index in [4.69, 9.17) is 9.90 Å². The van der Waals surface area contributed by atoms with Gasteiger partial charge in [0.15, 0.2) is 0 Å². The van der Waals surface area contributed by atoms with E-state index in [1.54, 1.807) is 0 Å². The standard InChI is InChI=1S/C2H4O2.BrH.Mn/c1-2(3)4;;/h1H3,(H,3,4);1H;. The summed E-state index contributed by atoms with van der Waals surface area (Å²) in [6.07, 6.45) is 0. The number of carbonyl (C=O) groups is 1. The number of carboxylic acid groups (broad SMARTS) is 1. The van der Waals surface area contributed by atoms with Crippen molar-refractivity contribution in [1.82, 2.24) is 0 Å². The van der Waals surface area contributed by atoms with Gasteiger partial charge in [0.25, 0.3) is 5.97 Å². The zero-order chi connectivity index (χ0) is 3.58. The van der Waals surface area contributed by atoms with Gasteiger partial charge in [-0.25, -0.2) is 0 Å². The van der Waals surface area contributed by atoms with E-state index < -0.39 is 5.97 Å². The summed E-state index contributed by atoms with van der Waals surface area (Å²) in [6.45, 7) is 1.08. The maximum atomic E-state index is 9.00. The van der Waals surface area contributed by atoms with Gasteiger partial charge in [-0.05, 0) is 0 Å². The van der Waals surface area contributed by atoms with E-state index in [9.17, 15) is 0 Å². The fourth-order valence-electron chi connectivity index (χ4n) is 0. The molecule has 4 heteroatoms. The molecule has 0 aliphatic carbocycles. The second kappa shape index (κ2) is 9.08. The van der Waals surface area contributed by atoms with Crippen molar-refractivity contribution in [2.24, 2.45) is 0 Å². The van der Waals surface area contributed by atoms with Gasteiger partial charge in [0, 0.05) is 24.0 Å². The van der Waals surface area contributed by atoms with Gasteiger partial charge in [0.1, 0.15) is 0 Å². The maximum Gasteiger partial charge on any atom is 0.300 e. The minimum Gasteiger partial charge on any atom is -0.481 e. The van der Waals surface area contributed by atoms with Crippen LogP contribution in [0.2, 0.25) is 0 Å². The van der Waals surface area contributed by atoms with E-state index in [2.05, 4.69) is 0 Å². The van der Waals surface area contributed by atoms with Gasteiger partial charge in [0.2, 0.25) is 0 Å². The quantitative estimate of drug-likeness (QED) is 0.578. The third-order valence-corrected chi connectivity index (χ3v) is 0. The first-order valence-electron chi connectivity index (χ1n) is 0.928. The average molecular weight is 196 g/mol. The van der Waals surface area contributed by atoms with Crippen molar-refractivity contribution in [2.45, 2.75) is 6.92 Å². The molecule has 0 amide bonds. The number of carboxylic acids is 1. The normalized spacial score (nSPS) is 4.17. The molecule has 0 aliphatic heterocycles. The van der Waals surface area contributed by atoms with Crippen LogP contribution < -0.4 is 0 Å². The Balaban J connectivity index is -0.0000000450. The van der Waals surface area contributed by atoms with Crippen LogP contribution in [0.15, 0.2) is 0 Å².